The van der Waals surface area contributed by atoms with Gasteiger partial charge in [-0.15, -0.1) is 0 Å². The Morgan fingerprint density at radius 1 is 1.29 bits per heavy atom. The third kappa shape index (κ3) is 4.49. The van der Waals surface area contributed by atoms with E-state index in [0.29, 0.717) is 13.2 Å². The number of allylic oxidation sites excluding steroid dienone is 1. The van der Waals surface area contributed by atoms with Gasteiger partial charge in [0.05, 0.1) is 7.11 Å². The maximum atomic E-state index is 5.68. The Morgan fingerprint density at radius 2 is 2.06 bits per heavy atom. The van der Waals surface area contributed by atoms with Crippen LogP contribution in [0.15, 0.2) is 29.8 Å². The van der Waals surface area contributed by atoms with E-state index in [1.54, 1.807) is 7.11 Å². The van der Waals surface area contributed by atoms with Gasteiger partial charge in [0, 0.05) is 0 Å². The summed E-state index contributed by atoms with van der Waals surface area (Å²) in [5.41, 5.74) is 7.94. The molecule has 17 heavy (non-hydrogen) atoms. The van der Waals surface area contributed by atoms with Gasteiger partial charge in [-0.25, -0.2) is 0 Å². The highest BCUT2D eigenvalue weighted by atomic mass is 16.5. The summed E-state index contributed by atoms with van der Waals surface area (Å²) in [5, 5.41) is 0. The van der Waals surface area contributed by atoms with Crippen molar-refractivity contribution in [2.45, 2.75) is 20.3 Å². The number of nitrogens with two attached hydrogens (primary N) is 1. The van der Waals surface area contributed by atoms with Crippen LogP contribution in [0.2, 0.25) is 0 Å². The summed E-state index contributed by atoms with van der Waals surface area (Å²) in [6.45, 7) is 5.29. The van der Waals surface area contributed by atoms with Crippen LogP contribution in [0.5, 0.6) is 11.5 Å². The monoisotopic (exact) mass is 235 g/mol. The van der Waals surface area contributed by atoms with E-state index in [1.807, 2.05) is 38.1 Å². The van der Waals surface area contributed by atoms with E-state index in [-0.39, 0.29) is 0 Å². The highest BCUT2D eigenvalue weighted by Crippen LogP contribution is 2.28. The highest BCUT2D eigenvalue weighted by molar-refractivity contribution is 5.43. The van der Waals surface area contributed by atoms with Crippen molar-refractivity contribution in [2.75, 3.05) is 20.3 Å². The Bertz CT molecular complexity index is 382. The molecule has 0 aromatic heterocycles. The standard InChI is InChI=1S/C14H21NO2/c1-11(2)7-9-17-14-10-12(6-8-15)4-5-13(14)16-3/h4-5,7,10H,6,8-9,15H2,1-3H3. The Labute approximate surface area is 103 Å². The van der Waals surface area contributed by atoms with Crippen LogP contribution in [0.25, 0.3) is 0 Å². The van der Waals surface area contributed by atoms with Crippen molar-refractivity contribution in [3.63, 3.8) is 0 Å². The van der Waals surface area contributed by atoms with Gasteiger partial charge in [-0.1, -0.05) is 11.6 Å². The molecule has 2 N–H and O–H groups in total. The van der Waals surface area contributed by atoms with Gasteiger partial charge < -0.3 is 15.2 Å². The van der Waals surface area contributed by atoms with Crippen LogP contribution in [0.3, 0.4) is 0 Å². The van der Waals surface area contributed by atoms with E-state index in [1.165, 1.54) is 11.1 Å². The van der Waals surface area contributed by atoms with Crippen molar-refractivity contribution in [1.29, 1.82) is 0 Å². The van der Waals surface area contributed by atoms with E-state index in [2.05, 4.69) is 0 Å². The number of hydrogen-bond donors (Lipinski definition) is 1. The zero-order chi connectivity index (χ0) is 12.7. The first-order chi connectivity index (χ1) is 8.17. The van der Waals surface area contributed by atoms with Gasteiger partial charge in [0.25, 0.3) is 0 Å². The molecule has 0 aliphatic rings. The summed E-state index contributed by atoms with van der Waals surface area (Å²) < 4.78 is 10.9. The third-order valence-electron chi connectivity index (χ3n) is 2.39. The molecule has 0 saturated carbocycles. The van der Waals surface area contributed by atoms with Crippen molar-refractivity contribution >= 4 is 0 Å². The molecule has 3 nitrogen and oxygen atoms in total. The van der Waals surface area contributed by atoms with Gasteiger partial charge in [0.15, 0.2) is 11.5 Å². The van der Waals surface area contributed by atoms with Crippen molar-refractivity contribution < 1.29 is 9.47 Å². The van der Waals surface area contributed by atoms with E-state index in [0.717, 1.165) is 17.9 Å². The van der Waals surface area contributed by atoms with E-state index < -0.39 is 0 Å². The van der Waals surface area contributed by atoms with Crippen LogP contribution in [0.4, 0.5) is 0 Å². The lowest BCUT2D eigenvalue weighted by Gasteiger charge is -2.11. The summed E-state index contributed by atoms with van der Waals surface area (Å²) in [6, 6.07) is 5.92. The Kier molecular flexibility index (Phi) is 5.57. The number of ether oxygens (including phenoxy) is 2. The highest BCUT2D eigenvalue weighted by Gasteiger charge is 2.04. The molecule has 0 heterocycles. The second kappa shape index (κ2) is 6.97. The van der Waals surface area contributed by atoms with Gasteiger partial charge in [-0.3, -0.25) is 0 Å². The zero-order valence-electron chi connectivity index (χ0n) is 10.8. The molecular formula is C14H21NO2. The Balaban J connectivity index is 2.78. The average molecular weight is 235 g/mol. The second-order valence-corrected chi connectivity index (χ2v) is 4.12. The van der Waals surface area contributed by atoms with Crippen LogP contribution >= 0.6 is 0 Å². The largest absolute Gasteiger partial charge is 0.493 e. The number of rotatable bonds is 6. The van der Waals surface area contributed by atoms with Gasteiger partial charge in [0.1, 0.15) is 6.61 Å². The molecule has 0 fully saturated rings. The number of methoxy groups -OCH3 is 1. The van der Waals surface area contributed by atoms with Crippen molar-refractivity contribution in [2.24, 2.45) is 5.73 Å². The first-order valence-corrected chi connectivity index (χ1v) is 5.80. The van der Waals surface area contributed by atoms with Gasteiger partial charge >= 0.3 is 0 Å². The maximum Gasteiger partial charge on any atom is 0.161 e. The molecule has 1 rings (SSSR count). The van der Waals surface area contributed by atoms with Crippen LogP contribution in [-0.2, 0) is 6.42 Å². The maximum absolute atomic E-state index is 5.68. The SMILES string of the molecule is COc1ccc(CCN)cc1OCC=C(C)C. The van der Waals surface area contributed by atoms with E-state index in [9.17, 15) is 0 Å². The number of benzene rings is 1. The molecule has 0 bridgehead atoms. The Morgan fingerprint density at radius 3 is 2.65 bits per heavy atom. The minimum atomic E-state index is 0.560. The number of hydrogen-bond acceptors (Lipinski definition) is 3. The molecule has 0 spiro atoms. The third-order valence-corrected chi connectivity index (χ3v) is 2.39. The topological polar surface area (TPSA) is 44.5 Å². The first kappa shape index (κ1) is 13.6. The smallest absolute Gasteiger partial charge is 0.161 e. The molecule has 3 heteroatoms. The van der Waals surface area contributed by atoms with Crippen LogP contribution in [0, 0.1) is 0 Å². The molecular weight excluding hydrogens is 214 g/mol. The lowest BCUT2D eigenvalue weighted by Crippen LogP contribution is -2.04. The average Bonchev–Trinajstić information content (AvgIpc) is 2.29. The summed E-state index contributed by atoms with van der Waals surface area (Å²) in [4.78, 5) is 0. The molecule has 0 amide bonds. The van der Waals surface area contributed by atoms with Gasteiger partial charge in [-0.2, -0.15) is 0 Å². The van der Waals surface area contributed by atoms with Gasteiger partial charge in [0.2, 0.25) is 0 Å². The zero-order valence-corrected chi connectivity index (χ0v) is 10.8. The van der Waals surface area contributed by atoms with Crippen LogP contribution < -0.4 is 15.2 Å². The summed E-state index contributed by atoms with van der Waals surface area (Å²) >= 11 is 0. The quantitative estimate of drug-likeness (QED) is 0.771. The fraction of sp³-hybridized carbons (Fsp3) is 0.429. The predicted octanol–water partition coefficient (Wildman–Crippen LogP) is 2.54. The molecule has 1 aromatic carbocycles. The molecule has 0 aliphatic heterocycles. The lowest BCUT2D eigenvalue weighted by atomic mass is 10.1. The minimum absolute atomic E-state index is 0.560. The summed E-state index contributed by atoms with van der Waals surface area (Å²) in [6.07, 6.45) is 2.89. The molecule has 0 atom stereocenters. The molecule has 0 aliphatic carbocycles. The second-order valence-electron chi connectivity index (χ2n) is 4.12. The van der Waals surface area contributed by atoms with Gasteiger partial charge in [-0.05, 0) is 50.6 Å². The molecule has 1 aromatic rings. The fourth-order valence-electron chi connectivity index (χ4n) is 1.45. The van der Waals surface area contributed by atoms with Crippen LogP contribution in [0.1, 0.15) is 19.4 Å². The fourth-order valence-corrected chi connectivity index (χ4v) is 1.45. The first-order valence-electron chi connectivity index (χ1n) is 5.80. The predicted molar refractivity (Wildman–Crippen MR) is 70.7 cm³/mol. The molecule has 0 radical (unpaired) electrons. The van der Waals surface area contributed by atoms with Crippen molar-refractivity contribution in [3.8, 4) is 11.5 Å². The molecule has 0 unspecified atom stereocenters. The van der Waals surface area contributed by atoms with Crippen molar-refractivity contribution in [1.82, 2.24) is 0 Å². The van der Waals surface area contributed by atoms with Crippen molar-refractivity contribution in [3.05, 3.63) is 35.4 Å². The summed E-state index contributed by atoms with van der Waals surface area (Å²) in [5.74, 6) is 1.53. The van der Waals surface area contributed by atoms with E-state index in [4.69, 9.17) is 15.2 Å². The lowest BCUT2D eigenvalue weighted by molar-refractivity contribution is 0.325. The molecule has 94 valence electrons. The summed E-state index contributed by atoms with van der Waals surface area (Å²) in [7, 11) is 1.64. The molecule has 0 saturated heterocycles. The minimum Gasteiger partial charge on any atom is -0.493 e. The Hall–Kier alpha value is -1.48. The van der Waals surface area contributed by atoms with Crippen LogP contribution in [-0.4, -0.2) is 20.3 Å². The van der Waals surface area contributed by atoms with E-state index >= 15 is 0 Å². The normalized spacial score (nSPS) is 9.88.